The average molecular weight is 205 g/mol. The van der Waals surface area contributed by atoms with E-state index in [1.165, 1.54) is 18.4 Å². The van der Waals surface area contributed by atoms with Gasteiger partial charge >= 0.3 is 0 Å². The first-order chi connectivity index (χ1) is 7.43. The molecule has 1 N–H and O–H groups in total. The second-order valence-corrected chi connectivity index (χ2v) is 4.10. The Bertz CT molecular complexity index is 361. The number of hydrogen-bond donors (Lipinski definition) is 1. The molecule has 1 aromatic rings. The third kappa shape index (κ3) is 1.92. The molecule has 3 heteroatoms. The molecule has 1 aliphatic heterocycles. The van der Waals surface area contributed by atoms with Crippen LogP contribution >= 0.6 is 0 Å². The van der Waals surface area contributed by atoms with Crippen molar-refractivity contribution in [1.29, 1.82) is 0 Å². The molecule has 1 aromatic carbocycles. The normalized spacial score (nSPS) is 18.9. The van der Waals surface area contributed by atoms with Gasteiger partial charge in [-0.05, 0) is 18.9 Å². The van der Waals surface area contributed by atoms with Crippen LogP contribution in [0.4, 0.5) is 0 Å². The second-order valence-electron chi connectivity index (χ2n) is 4.10. The first kappa shape index (κ1) is 9.04. The van der Waals surface area contributed by atoms with Crippen molar-refractivity contribution in [1.82, 2.24) is 5.32 Å². The highest BCUT2D eigenvalue weighted by atomic mass is 16.6. The molecule has 3 nitrogen and oxygen atoms in total. The largest absolute Gasteiger partial charge is 0.486 e. The van der Waals surface area contributed by atoms with E-state index in [2.05, 4.69) is 11.4 Å². The van der Waals surface area contributed by atoms with Crippen molar-refractivity contribution < 1.29 is 9.47 Å². The number of ether oxygens (including phenoxy) is 2. The summed E-state index contributed by atoms with van der Waals surface area (Å²) in [5.41, 5.74) is 1.21. The van der Waals surface area contributed by atoms with Gasteiger partial charge in [0.2, 0.25) is 0 Å². The number of fused-ring (bicyclic) bond motifs is 1. The minimum atomic E-state index is 0.659. The van der Waals surface area contributed by atoms with Gasteiger partial charge in [0.25, 0.3) is 0 Å². The van der Waals surface area contributed by atoms with Gasteiger partial charge in [-0.2, -0.15) is 0 Å². The van der Waals surface area contributed by atoms with Crippen molar-refractivity contribution in [3.63, 3.8) is 0 Å². The molecular formula is C12H15NO2. The third-order valence-electron chi connectivity index (χ3n) is 2.81. The maximum absolute atomic E-state index is 5.64. The molecule has 0 atom stereocenters. The van der Waals surface area contributed by atoms with Gasteiger partial charge in [-0.25, -0.2) is 0 Å². The summed E-state index contributed by atoms with van der Waals surface area (Å²) in [6, 6.07) is 6.82. The Kier molecular flexibility index (Phi) is 2.25. The molecular weight excluding hydrogens is 190 g/mol. The van der Waals surface area contributed by atoms with Crippen LogP contribution in [0.2, 0.25) is 0 Å². The maximum Gasteiger partial charge on any atom is 0.165 e. The van der Waals surface area contributed by atoms with Gasteiger partial charge in [0.1, 0.15) is 13.2 Å². The SMILES string of the molecule is c1cc(CNC2CC2)c2c(c1)OCCO2. The van der Waals surface area contributed by atoms with Gasteiger partial charge in [0.05, 0.1) is 0 Å². The van der Waals surface area contributed by atoms with Gasteiger partial charge < -0.3 is 14.8 Å². The molecule has 3 rings (SSSR count). The van der Waals surface area contributed by atoms with Crippen LogP contribution in [-0.4, -0.2) is 19.3 Å². The molecule has 1 fully saturated rings. The van der Waals surface area contributed by atoms with Crippen LogP contribution in [0.5, 0.6) is 11.5 Å². The highest BCUT2D eigenvalue weighted by molar-refractivity contribution is 5.47. The fourth-order valence-electron chi connectivity index (χ4n) is 1.82. The van der Waals surface area contributed by atoms with E-state index < -0.39 is 0 Å². The summed E-state index contributed by atoms with van der Waals surface area (Å²) < 4.78 is 11.2. The quantitative estimate of drug-likeness (QED) is 0.814. The van der Waals surface area contributed by atoms with Gasteiger partial charge in [-0.3, -0.25) is 0 Å². The van der Waals surface area contributed by atoms with Gasteiger partial charge in [0, 0.05) is 18.2 Å². The minimum absolute atomic E-state index is 0.659. The van der Waals surface area contributed by atoms with Gasteiger partial charge in [-0.1, -0.05) is 12.1 Å². The van der Waals surface area contributed by atoms with Crippen LogP contribution in [-0.2, 0) is 6.54 Å². The van der Waals surface area contributed by atoms with Crippen molar-refractivity contribution in [2.45, 2.75) is 25.4 Å². The van der Waals surface area contributed by atoms with Crippen molar-refractivity contribution in [2.75, 3.05) is 13.2 Å². The van der Waals surface area contributed by atoms with E-state index in [-0.39, 0.29) is 0 Å². The molecule has 0 aromatic heterocycles. The Morgan fingerprint density at radius 1 is 1.20 bits per heavy atom. The van der Waals surface area contributed by atoms with Crippen LogP contribution in [0.3, 0.4) is 0 Å². The summed E-state index contributed by atoms with van der Waals surface area (Å²) in [5, 5.41) is 3.49. The van der Waals surface area contributed by atoms with E-state index >= 15 is 0 Å². The van der Waals surface area contributed by atoms with E-state index in [1.807, 2.05) is 12.1 Å². The number of nitrogens with one attached hydrogen (secondary N) is 1. The van der Waals surface area contributed by atoms with Crippen molar-refractivity contribution >= 4 is 0 Å². The fourth-order valence-corrected chi connectivity index (χ4v) is 1.82. The predicted molar refractivity (Wildman–Crippen MR) is 57.3 cm³/mol. The predicted octanol–water partition coefficient (Wildman–Crippen LogP) is 1.71. The summed E-state index contributed by atoms with van der Waals surface area (Å²) in [4.78, 5) is 0. The lowest BCUT2D eigenvalue weighted by Crippen LogP contribution is -2.20. The summed E-state index contributed by atoms with van der Waals surface area (Å²) in [5.74, 6) is 1.81. The van der Waals surface area contributed by atoms with Gasteiger partial charge in [-0.15, -0.1) is 0 Å². The first-order valence-corrected chi connectivity index (χ1v) is 5.54. The Hall–Kier alpha value is -1.22. The monoisotopic (exact) mass is 205 g/mol. The molecule has 0 spiro atoms. The Labute approximate surface area is 89.4 Å². The van der Waals surface area contributed by atoms with E-state index in [1.54, 1.807) is 0 Å². The summed E-state index contributed by atoms with van der Waals surface area (Å²) in [7, 11) is 0. The Morgan fingerprint density at radius 2 is 2.07 bits per heavy atom. The minimum Gasteiger partial charge on any atom is -0.486 e. The zero-order valence-electron chi connectivity index (χ0n) is 8.66. The van der Waals surface area contributed by atoms with Crippen LogP contribution in [0.25, 0.3) is 0 Å². The standard InChI is InChI=1S/C12H15NO2/c1-2-9(8-13-10-4-5-10)12-11(3-1)14-6-7-15-12/h1-3,10,13H,4-8H2. The fraction of sp³-hybridized carbons (Fsp3) is 0.500. The Balaban J connectivity index is 1.79. The lowest BCUT2D eigenvalue weighted by atomic mass is 10.1. The summed E-state index contributed by atoms with van der Waals surface area (Å²) >= 11 is 0. The summed E-state index contributed by atoms with van der Waals surface area (Å²) in [6.07, 6.45) is 2.62. The van der Waals surface area contributed by atoms with E-state index in [0.29, 0.717) is 13.2 Å². The molecule has 0 unspecified atom stereocenters. The first-order valence-electron chi connectivity index (χ1n) is 5.54. The highest BCUT2D eigenvalue weighted by Crippen LogP contribution is 2.33. The van der Waals surface area contributed by atoms with Crippen LogP contribution in [0, 0.1) is 0 Å². The molecule has 0 radical (unpaired) electrons. The second kappa shape index (κ2) is 3.74. The van der Waals surface area contributed by atoms with Crippen LogP contribution in [0.1, 0.15) is 18.4 Å². The third-order valence-corrected chi connectivity index (χ3v) is 2.81. The summed E-state index contributed by atoms with van der Waals surface area (Å²) in [6.45, 7) is 2.21. The lowest BCUT2D eigenvalue weighted by molar-refractivity contribution is 0.169. The van der Waals surface area contributed by atoms with Crippen molar-refractivity contribution in [3.8, 4) is 11.5 Å². The maximum atomic E-state index is 5.64. The molecule has 0 bridgehead atoms. The molecule has 2 aliphatic rings. The lowest BCUT2D eigenvalue weighted by Gasteiger charge is -2.21. The van der Waals surface area contributed by atoms with E-state index in [9.17, 15) is 0 Å². The highest BCUT2D eigenvalue weighted by Gasteiger charge is 2.22. The molecule has 1 heterocycles. The van der Waals surface area contributed by atoms with Gasteiger partial charge in [0.15, 0.2) is 11.5 Å². The van der Waals surface area contributed by atoms with E-state index in [0.717, 1.165) is 24.1 Å². The molecule has 1 saturated carbocycles. The average Bonchev–Trinajstić information content (AvgIpc) is 3.10. The molecule has 0 amide bonds. The van der Waals surface area contributed by atoms with Crippen molar-refractivity contribution in [2.24, 2.45) is 0 Å². The number of rotatable bonds is 3. The zero-order chi connectivity index (χ0) is 10.1. The molecule has 15 heavy (non-hydrogen) atoms. The smallest absolute Gasteiger partial charge is 0.165 e. The zero-order valence-corrected chi connectivity index (χ0v) is 8.66. The van der Waals surface area contributed by atoms with Crippen LogP contribution < -0.4 is 14.8 Å². The Morgan fingerprint density at radius 3 is 2.93 bits per heavy atom. The molecule has 0 saturated heterocycles. The number of benzene rings is 1. The topological polar surface area (TPSA) is 30.5 Å². The van der Waals surface area contributed by atoms with Crippen LogP contribution in [0.15, 0.2) is 18.2 Å². The van der Waals surface area contributed by atoms with E-state index in [4.69, 9.17) is 9.47 Å². The molecule has 80 valence electrons. The number of para-hydroxylation sites is 1. The van der Waals surface area contributed by atoms with Crippen molar-refractivity contribution in [3.05, 3.63) is 23.8 Å². The molecule has 1 aliphatic carbocycles. The number of hydrogen-bond acceptors (Lipinski definition) is 3.